The number of thioether (sulfide) groups is 1. The topological polar surface area (TPSA) is 24.9 Å². The molecule has 1 aromatic heterocycles. The molecule has 2 rings (SSSR count). The van der Waals surface area contributed by atoms with E-state index in [-0.39, 0.29) is 0 Å². The summed E-state index contributed by atoms with van der Waals surface area (Å²) in [5, 5.41) is 3.99. The summed E-state index contributed by atoms with van der Waals surface area (Å²) in [6, 6.07) is 8.84. The van der Waals surface area contributed by atoms with Crippen LogP contribution in [0.15, 0.2) is 28.6 Å². The molecule has 2 unspecified atom stereocenters. The Labute approximate surface area is 111 Å². The minimum Gasteiger partial charge on any atom is -0.313 e. The Balaban J connectivity index is 2.07. The summed E-state index contributed by atoms with van der Waals surface area (Å²) < 4.78 is 2.45. The Hall–Kier alpha value is -0.580. The molecule has 0 fully saturated rings. The molecule has 1 aromatic carbocycles. The summed E-state index contributed by atoms with van der Waals surface area (Å²) in [5.74, 6) is 0. The number of nitrogens with one attached hydrogen (secondary N) is 1. The summed E-state index contributed by atoms with van der Waals surface area (Å²) in [6.45, 7) is 7.65. The monoisotopic (exact) mass is 266 g/mol. The van der Waals surface area contributed by atoms with Gasteiger partial charge < -0.3 is 5.32 Å². The Morgan fingerprint density at radius 3 is 2.82 bits per heavy atom. The van der Waals surface area contributed by atoms with E-state index in [9.17, 15) is 0 Å². The third kappa shape index (κ3) is 3.21. The summed E-state index contributed by atoms with van der Waals surface area (Å²) in [7, 11) is 0. The molecule has 0 spiro atoms. The molecule has 0 aliphatic carbocycles. The van der Waals surface area contributed by atoms with Crippen molar-refractivity contribution in [2.75, 3.05) is 6.54 Å². The summed E-state index contributed by atoms with van der Waals surface area (Å²) in [5.41, 5.74) is 1.11. The van der Waals surface area contributed by atoms with Crippen LogP contribution in [-0.2, 0) is 0 Å². The van der Waals surface area contributed by atoms with Crippen molar-refractivity contribution < 1.29 is 0 Å². The number of aromatic nitrogens is 1. The van der Waals surface area contributed by atoms with Crippen LogP contribution >= 0.6 is 23.1 Å². The zero-order valence-electron chi connectivity index (χ0n) is 10.4. The van der Waals surface area contributed by atoms with E-state index in [0.717, 1.165) is 12.1 Å². The van der Waals surface area contributed by atoms with Gasteiger partial charge in [0.25, 0.3) is 0 Å². The molecule has 0 saturated heterocycles. The molecule has 0 radical (unpaired) electrons. The average Bonchev–Trinajstić information content (AvgIpc) is 2.71. The molecule has 0 saturated carbocycles. The number of hydrogen-bond donors (Lipinski definition) is 1. The van der Waals surface area contributed by atoms with Gasteiger partial charge in [-0.1, -0.05) is 37.7 Å². The van der Waals surface area contributed by atoms with E-state index in [0.29, 0.717) is 11.3 Å². The molecule has 17 heavy (non-hydrogen) atoms. The van der Waals surface area contributed by atoms with E-state index in [2.05, 4.69) is 49.3 Å². The second-order valence-corrected chi connectivity index (χ2v) is 6.77. The molecular formula is C13H18N2S2. The van der Waals surface area contributed by atoms with Gasteiger partial charge in [-0.05, 0) is 25.6 Å². The summed E-state index contributed by atoms with van der Waals surface area (Å²) in [4.78, 5) is 4.65. The van der Waals surface area contributed by atoms with E-state index in [1.54, 1.807) is 11.3 Å². The minimum absolute atomic E-state index is 0.511. The highest BCUT2D eigenvalue weighted by atomic mass is 32.2. The number of hydrogen-bond acceptors (Lipinski definition) is 4. The smallest absolute Gasteiger partial charge is 0.151 e. The van der Waals surface area contributed by atoms with Gasteiger partial charge in [0, 0.05) is 11.3 Å². The molecule has 4 heteroatoms. The van der Waals surface area contributed by atoms with E-state index in [1.165, 1.54) is 9.04 Å². The molecule has 1 N–H and O–H groups in total. The van der Waals surface area contributed by atoms with Gasteiger partial charge in [-0.3, -0.25) is 0 Å². The van der Waals surface area contributed by atoms with E-state index in [4.69, 9.17) is 0 Å². The lowest BCUT2D eigenvalue weighted by Crippen LogP contribution is -2.33. The largest absolute Gasteiger partial charge is 0.313 e. The Kier molecular flexibility index (Phi) is 4.42. The Bertz CT molecular complexity index is 448. The van der Waals surface area contributed by atoms with Crippen molar-refractivity contribution in [2.45, 2.75) is 36.4 Å². The predicted molar refractivity (Wildman–Crippen MR) is 78.1 cm³/mol. The molecule has 1 heterocycles. The Morgan fingerprint density at radius 2 is 2.12 bits per heavy atom. The number of thiazole rings is 1. The number of fused-ring (bicyclic) bond motifs is 1. The van der Waals surface area contributed by atoms with Crippen LogP contribution < -0.4 is 5.32 Å². The normalized spacial score (nSPS) is 15.0. The van der Waals surface area contributed by atoms with Gasteiger partial charge in [-0.2, -0.15) is 0 Å². The number of benzene rings is 1. The van der Waals surface area contributed by atoms with Gasteiger partial charge in [0.2, 0.25) is 0 Å². The quantitative estimate of drug-likeness (QED) is 0.834. The van der Waals surface area contributed by atoms with Crippen molar-refractivity contribution in [1.82, 2.24) is 10.3 Å². The maximum atomic E-state index is 4.65. The molecule has 0 amide bonds. The van der Waals surface area contributed by atoms with Crippen LogP contribution in [0.1, 0.15) is 20.8 Å². The molecule has 0 aliphatic heterocycles. The van der Waals surface area contributed by atoms with Crippen molar-refractivity contribution in [1.29, 1.82) is 0 Å². The van der Waals surface area contributed by atoms with Crippen LogP contribution in [0.3, 0.4) is 0 Å². The zero-order valence-corrected chi connectivity index (χ0v) is 12.1. The summed E-state index contributed by atoms with van der Waals surface area (Å²) in [6.07, 6.45) is 0. The lowest BCUT2D eigenvalue weighted by molar-refractivity contribution is 0.563. The van der Waals surface area contributed by atoms with E-state index < -0.39 is 0 Å². The lowest BCUT2D eigenvalue weighted by atomic mass is 10.2. The third-order valence-electron chi connectivity index (χ3n) is 2.79. The van der Waals surface area contributed by atoms with Gasteiger partial charge in [-0.15, -0.1) is 11.3 Å². The van der Waals surface area contributed by atoms with E-state index >= 15 is 0 Å². The second kappa shape index (κ2) is 5.85. The first kappa shape index (κ1) is 12.9. The molecule has 2 atom stereocenters. The number of para-hydroxylation sites is 1. The third-order valence-corrected chi connectivity index (χ3v) is 5.23. The van der Waals surface area contributed by atoms with Crippen molar-refractivity contribution >= 4 is 33.3 Å². The maximum absolute atomic E-state index is 4.65. The fourth-order valence-corrected chi connectivity index (χ4v) is 4.03. The standard InChI is InChI=1S/C13H18N2S2/c1-4-14-9(2)10(3)16-13-15-11-7-5-6-8-12(11)17-13/h5-10,14H,4H2,1-3H3. The fraction of sp³-hybridized carbons (Fsp3) is 0.462. The lowest BCUT2D eigenvalue weighted by Gasteiger charge is -2.18. The minimum atomic E-state index is 0.511. The van der Waals surface area contributed by atoms with Crippen LogP contribution in [0.25, 0.3) is 10.2 Å². The van der Waals surface area contributed by atoms with Crippen LogP contribution in [0, 0.1) is 0 Å². The molecule has 92 valence electrons. The fourth-order valence-electron chi connectivity index (χ4n) is 1.65. The first-order valence-electron chi connectivity index (χ1n) is 5.96. The predicted octanol–water partition coefficient (Wildman–Crippen LogP) is 3.77. The molecule has 0 aliphatic rings. The van der Waals surface area contributed by atoms with E-state index in [1.807, 2.05) is 17.8 Å². The van der Waals surface area contributed by atoms with Crippen molar-refractivity contribution in [3.05, 3.63) is 24.3 Å². The van der Waals surface area contributed by atoms with Crippen molar-refractivity contribution in [3.63, 3.8) is 0 Å². The van der Waals surface area contributed by atoms with Crippen molar-refractivity contribution in [3.8, 4) is 0 Å². The number of rotatable bonds is 5. The van der Waals surface area contributed by atoms with Crippen LogP contribution in [0.4, 0.5) is 0 Å². The van der Waals surface area contributed by atoms with Crippen LogP contribution in [0.5, 0.6) is 0 Å². The highest BCUT2D eigenvalue weighted by Crippen LogP contribution is 2.32. The SMILES string of the molecule is CCNC(C)C(C)Sc1nc2ccccc2s1. The van der Waals surface area contributed by atoms with Gasteiger partial charge in [0.1, 0.15) is 0 Å². The molecule has 2 aromatic rings. The highest BCUT2D eigenvalue weighted by Gasteiger charge is 2.14. The summed E-state index contributed by atoms with van der Waals surface area (Å²) >= 11 is 3.65. The second-order valence-electron chi connectivity index (χ2n) is 4.12. The highest BCUT2D eigenvalue weighted by molar-refractivity contribution is 8.01. The van der Waals surface area contributed by atoms with Gasteiger partial charge in [-0.25, -0.2) is 4.98 Å². The van der Waals surface area contributed by atoms with Crippen molar-refractivity contribution in [2.24, 2.45) is 0 Å². The first-order valence-corrected chi connectivity index (χ1v) is 7.66. The zero-order chi connectivity index (χ0) is 12.3. The number of nitrogens with zero attached hydrogens (tertiary/aromatic N) is 1. The molecular weight excluding hydrogens is 248 g/mol. The van der Waals surface area contributed by atoms with Gasteiger partial charge in [0.15, 0.2) is 4.34 Å². The van der Waals surface area contributed by atoms with Gasteiger partial charge in [0.05, 0.1) is 10.2 Å². The van der Waals surface area contributed by atoms with Gasteiger partial charge >= 0.3 is 0 Å². The van der Waals surface area contributed by atoms with Crippen LogP contribution in [-0.4, -0.2) is 22.8 Å². The van der Waals surface area contributed by atoms with Crippen LogP contribution in [0.2, 0.25) is 0 Å². The maximum Gasteiger partial charge on any atom is 0.151 e. The Morgan fingerprint density at radius 1 is 1.35 bits per heavy atom. The molecule has 2 nitrogen and oxygen atoms in total. The molecule has 0 bridgehead atoms. The average molecular weight is 266 g/mol. The first-order chi connectivity index (χ1) is 8.20.